The molecule has 0 unspecified atom stereocenters. The van der Waals surface area contributed by atoms with Gasteiger partial charge in [-0.25, -0.2) is 4.79 Å². The van der Waals surface area contributed by atoms with Crippen molar-refractivity contribution in [1.82, 2.24) is 4.90 Å². The molecule has 1 aliphatic heterocycles. The van der Waals surface area contributed by atoms with Crippen molar-refractivity contribution >= 4 is 12.1 Å². The largest absolute Gasteiger partial charge is 0.458 e. The molecule has 1 amide bonds. The normalized spacial score (nSPS) is 18.0. The molecule has 0 aromatic heterocycles. The van der Waals surface area contributed by atoms with Crippen LogP contribution in [0.15, 0.2) is 0 Å². The summed E-state index contributed by atoms with van der Waals surface area (Å²) in [5.74, 6) is 0.0580. The summed E-state index contributed by atoms with van der Waals surface area (Å²) in [6.45, 7) is 17.1. The molecule has 1 rings (SSSR count). The molecular weight excluding hydrogens is 330 g/mol. The zero-order valence-electron chi connectivity index (χ0n) is 18.1. The molecule has 0 aliphatic carbocycles. The summed E-state index contributed by atoms with van der Waals surface area (Å²) in [6, 6.07) is 0. The molecule has 1 aliphatic rings. The highest BCUT2D eigenvalue weighted by atomic mass is 16.6. The highest BCUT2D eigenvalue weighted by molar-refractivity contribution is 5.76. The molecule has 1 saturated heterocycles. The molecule has 152 valence electrons. The molecule has 1 fully saturated rings. The van der Waals surface area contributed by atoms with Crippen molar-refractivity contribution < 1.29 is 19.1 Å². The number of hydrogen-bond acceptors (Lipinski definition) is 4. The maximum absolute atomic E-state index is 12.6. The minimum Gasteiger partial charge on any atom is -0.458 e. The van der Waals surface area contributed by atoms with Gasteiger partial charge in [0.2, 0.25) is 0 Å². The van der Waals surface area contributed by atoms with E-state index in [-0.39, 0.29) is 18.0 Å². The first-order valence-corrected chi connectivity index (χ1v) is 10.1. The monoisotopic (exact) mass is 369 g/mol. The zero-order chi connectivity index (χ0) is 20.2. The second-order valence-electron chi connectivity index (χ2n) is 9.21. The number of rotatable bonds is 7. The van der Waals surface area contributed by atoms with Gasteiger partial charge in [0, 0.05) is 25.9 Å². The molecule has 5 heteroatoms. The van der Waals surface area contributed by atoms with Crippen LogP contribution in [0.1, 0.15) is 87.5 Å². The molecule has 5 nitrogen and oxygen atoms in total. The molecule has 0 aromatic carbocycles. The third-order valence-electron chi connectivity index (χ3n) is 5.87. The lowest BCUT2D eigenvalue weighted by atomic mass is 9.80. The third kappa shape index (κ3) is 5.62. The molecule has 0 spiro atoms. The predicted octanol–water partition coefficient (Wildman–Crippen LogP) is 5.17. The Hall–Kier alpha value is -1.26. The van der Waals surface area contributed by atoms with E-state index in [1.165, 1.54) is 0 Å². The second kappa shape index (κ2) is 8.62. The summed E-state index contributed by atoms with van der Waals surface area (Å²) in [6.07, 6.45) is 3.59. The molecule has 0 atom stereocenters. The van der Waals surface area contributed by atoms with Gasteiger partial charge in [-0.15, -0.1) is 0 Å². The van der Waals surface area contributed by atoms with E-state index in [0.717, 1.165) is 19.3 Å². The van der Waals surface area contributed by atoms with Crippen LogP contribution in [-0.4, -0.2) is 41.3 Å². The summed E-state index contributed by atoms with van der Waals surface area (Å²) in [4.78, 5) is 26.9. The number of nitrogens with zero attached hydrogens (tertiary/aromatic N) is 1. The Labute approximate surface area is 159 Å². The number of carbonyl (C=O) groups is 2. The van der Waals surface area contributed by atoms with Gasteiger partial charge in [-0.05, 0) is 46.5 Å². The smallest absolute Gasteiger partial charge is 0.410 e. The first kappa shape index (κ1) is 22.8. The molecule has 0 N–H and O–H groups in total. The second-order valence-corrected chi connectivity index (χ2v) is 9.21. The van der Waals surface area contributed by atoms with Crippen LogP contribution in [-0.2, 0) is 14.3 Å². The molecule has 0 saturated carbocycles. The number of carbonyl (C=O) groups excluding carboxylic acids is 2. The Kier molecular flexibility index (Phi) is 7.55. The lowest BCUT2D eigenvalue weighted by Crippen LogP contribution is -2.53. The molecule has 1 heterocycles. The van der Waals surface area contributed by atoms with Gasteiger partial charge in [0.1, 0.15) is 11.2 Å². The average molecular weight is 370 g/mol. The highest BCUT2D eigenvalue weighted by Crippen LogP contribution is 2.37. The Morgan fingerprint density at radius 2 is 1.62 bits per heavy atom. The summed E-state index contributed by atoms with van der Waals surface area (Å²) in [5, 5.41) is 0. The first-order valence-electron chi connectivity index (χ1n) is 10.1. The lowest BCUT2D eigenvalue weighted by Gasteiger charge is -2.45. The van der Waals surface area contributed by atoms with E-state index in [9.17, 15) is 9.59 Å². The van der Waals surface area contributed by atoms with Crippen molar-refractivity contribution in [2.75, 3.05) is 13.1 Å². The van der Waals surface area contributed by atoms with E-state index in [0.29, 0.717) is 25.9 Å². The maximum Gasteiger partial charge on any atom is 0.410 e. The molecule has 0 aromatic rings. The van der Waals surface area contributed by atoms with Crippen LogP contribution >= 0.6 is 0 Å². The number of amides is 1. The Morgan fingerprint density at radius 3 is 2.04 bits per heavy atom. The molecular formula is C21H39NO4. The fourth-order valence-corrected chi connectivity index (χ4v) is 3.29. The van der Waals surface area contributed by atoms with Crippen LogP contribution in [0.4, 0.5) is 4.79 Å². The van der Waals surface area contributed by atoms with Gasteiger partial charge in [-0.3, -0.25) is 4.79 Å². The molecule has 0 bridgehead atoms. The third-order valence-corrected chi connectivity index (χ3v) is 5.87. The predicted molar refractivity (Wildman–Crippen MR) is 104 cm³/mol. The fraction of sp³-hybridized carbons (Fsp3) is 0.905. The van der Waals surface area contributed by atoms with Gasteiger partial charge >= 0.3 is 12.1 Å². The van der Waals surface area contributed by atoms with Crippen molar-refractivity contribution in [2.24, 2.45) is 11.3 Å². The molecule has 26 heavy (non-hydrogen) atoms. The summed E-state index contributed by atoms with van der Waals surface area (Å²) >= 11 is 0. The van der Waals surface area contributed by atoms with Crippen molar-refractivity contribution in [1.29, 1.82) is 0 Å². The van der Waals surface area contributed by atoms with Crippen LogP contribution in [0, 0.1) is 11.3 Å². The summed E-state index contributed by atoms with van der Waals surface area (Å²) in [7, 11) is 0. The van der Waals surface area contributed by atoms with Gasteiger partial charge in [0.15, 0.2) is 0 Å². The van der Waals surface area contributed by atoms with Crippen molar-refractivity contribution in [2.45, 2.75) is 98.7 Å². The topological polar surface area (TPSA) is 55.8 Å². The van der Waals surface area contributed by atoms with E-state index in [4.69, 9.17) is 9.47 Å². The van der Waals surface area contributed by atoms with E-state index in [1.807, 2.05) is 34.6 Å². The van der Waals surface area contributed by atoms with E-state index in [2.05, 4.69) is 20.8 Å². The quantitative estimate of drug-likeness (QED) is 0.581. The SMILES string of the molecule is CCCC(C)(C)OC(=O)N1CCC(OC(=O)C(C)(C)CC)(C(C)C)CC1. The van der Waals surface area contributed by atoms with Crippen molar-refractivity contribution in [3.8, 4) is 0 Å². The summed E-state index contributed by atoms with van der Waals surface area (Å²) in [5.41, 5.74) is -1.43. The van der Waals surface area contributed by atoms with E-state index >= 15 is 0 Å². The minimum atomic E-state index is -0.501. The minimum absolute atomic E-state index is 0.145. The maximum atomic E-state index is 12.6. The molecule has 0 radical (unpaired) electrons. The van der Waals surface area contributed by atoms with Crippen LogP contribution in [0.25, 0.3) is 0 Å². The van der Waals surface area contributed by atoms with Crippen LogP contribution < -0.4 is 0 Å². The highest BCUT2D eigenvalue weighted by Gasteiger charge is 2.44. The van der Waals surface area contributed by atoms with E-state index < -0.39 is 16.6 Å². The number of piperidine rings is 1. The lowest BCUT2D eigenvalue weighted by molar-refractivity contribution is -0.182. The standard InChI is InChI=1S/C21H39NO4/c1-9-11-20(7,8)26-18(24)22-14-12-21(13-15-22,16(3)4)25-17(23)19(5,6)10-2/h16H,9-15H2,1-8H3. The Morgan fingerprint density at radius 1 is 1.08 bits per heavy atom. The Balaban J connectivity index is 2.75. The van der Waals surface area contributed by atoms with Gasteiger partial charge in [-0.1, -0.05) is 34.1 Å². The van der Waals surface area contributed by atoms with Crippen LogP contribution in [0.2, 0.25) is 0 Å². The first-order chi connectivity index (χ1) is 11.9. The van der Waals surface area contributed by atoms with Crippen LogP contribution in [0.3, 0.4) is 0 Å². The van der Waals surface area contributed by atoms with Gasteiger partial charge in [-0.2, -0.15) is 0 Å². The van der Waals surface area contributed by atoms with Crippen LogP contribution in [0.5, 0.6) is 0 Å². The Bertz CT molecular complexity index is 488. The van der Waals surface area contributed by atoms with Gasteiger partial charge in [0.05, 0.1) is 5.41 Å². The van der Waals surface area contributed by atoms with Crippen molar-refractivity contribution in [3.63, 3.8) is 0 Å². The number of ether oxygens (including phenoxy) is 2. The van der Waals surface area contributed by atoms with Crippen molar-refractivity contribution in [3.05, 3.63) is 0 Å². The number of esters is 1. The van der Waals surface area contributed by atoms with Gasteiger partial charge < -0.3 is 14.4 Å². The average Bonchev–Trinajstić information content (AvgIpc) is 2.54. The van der Waals surface area contributed by atoms with E-state index in [1.54, 1.807) is 4.90 Å². The fourth-order valence-electron chi connectivity index (χ4n) is 3.29. The summed E-state index contributed by atoms with van der Waals surface area (Å²) < 4.78 is 11.7. The zero-order valence-corrected chi connectivity index (χ0v) is 18.1. The number of likely N-dealkylation sites (tertiary alicyclic amines) is 1. The van der Waals surface area contributed by atoms with Gasteiger partial charge in [0.25, 0.3) is 0 Å². The number of hydrogen-bond donors (Lipinski definition) is 0.